The Morgan fingerprint density at radius 2 is 2.09 bits per heavy atom. The minimum atomic E-state index is -0.361. The van der Waals surface area contributed by atoms with E-state index in [1.807, 2.05) is 6.07 Å². The van der Waals surface area contributed by atoms with E-state index in [4.69, 9.17) is 4.74 Å². The molecule has 2 amide bonds. The molecule has 6 nitrogen and oxygen atoms in total. The fraction of sp³-hybridized carbons (Fsp3) is 0.312. The molecule has 1 unspecified atom stereocenters. The van der Waals surface area contributed by atoms with Crippen LogP contribution >= 0.6 is 15.9 Å². The molecule has 7 heteroatoms. The van der Waals surface area contributed by atoms with Gasteiger partial charge in [-0.2, -0.15) is 0 Å². The number of anilines is 2. The summed E-state index contributed by atoms with van der Waals surface area (Å²) in [6, 6.07) is 3.54. The molecule has 1 aromatic heterocycles. The van der Waals surface area contributed by atoms with E-state index in [1.54, 1.807) is 0 Å². The third-order valence-electron chi connectivity index (χ3n) is 3.71. The van der Waals surface area contributed by atoms with Gasteiger partial charge >= 0.3 is 6.03 Å². The maximum atomic E-state index is 12.2. The third-order valence-corrected chi connectivity index (χ3v) is 4.17. The van der Waals surface area contributed by atoms with Crippen LogP contribution in [0.25, 0.3) is 0 Å². The molecule has 0 bridgehead atoms. The molecule has 0 radical (unpaired) electrons. The van der Waals surface area contributed by atoms with Gasteiger partial charge in [0.1, 0.15) is 12.1 Å². The van der Waals surface area contributed by atoms with Gasteiger partial charge in [-0.1, -0.05) is 22.9 Å². The maximum Gasteiger partial charge on any atom is 0.323 e. The minimum Gasteiger partial charge on any atom is -0.491 e. The molecule has 23 heavy (non-hydrogen) atoms. The lowest BCUT2D eigenvalue weighted by molar-refractivity contribution is 0.262. The maximum absolute atomic E-state index is 12.2. The van der Waals surface area contributed by atoms with Crippen LogP contribution in [0.1, 0.15) is 31.2 Å². The molecular formula is C16H17BrN4O2. The average molecular weight is 377 g/mol. The fourth-order valence-corrected chi connectivity index (χ4v) is 3.08. The number of benzene rings is 1. The van der Waals surface area contributed by atoms with Crippen molar-refractivity contribution in [1.29, 1.82) is 0 Å². The molecule has 1 aromatic carbocycles. The number of urea groups is 1. The Bertz CT molecular complexity index is 709. The molecular weight excluding hydrogens is 360 g/mol. The van der Waals surface area contributed by atoms with E-state index in [2.05, 4.69) is 49.5 Å². The predicted molar refractivity (Wildman–Crippen MR) is 92.0 cm³/mol. The van der Waals surface area contributed by atoms with Gasteiger partial charge in [-0.25, -0.2) is 14.8 Å². The number of aromatic nitrogens is 2. The number of hydrogen-bond acceptors (Lipinski definition) is 4. The van der Waals surface area contributed by atoms with Crippen molar-refractivity contribution in [3.05, 3.63) is 40.9 Å². The second-order valence-corrected chi connectivity index (χ2v) is 6.39. The highest BCUT2D eigenvalue weighted by Crippen LogP contribution is 2.40. The van der Waals surface area contributed by atoms with Crippen molar-refractivity contribution in [3.8, 4) is 5.75 Å². The SMILES string of the molecule is CC1CCCOc2c(NC(=O)Nc3cncnc3)cc(Br)cc21. The standard InChI is InChI=1S/C16H17BrN4O2/c1-10-3-2-4-23-15-13(10)5-11(17)6-14(15)21-16(22)20-12-7-18-9-19-8-12/h5-10H,2-4H2,1H3,(H2,20,21,22). The van der Waals surface area contributed by atoms with Crippen LogP contribution in [0, 0.1) is 0 Å². The first kappa shape index (κ1) is 15.7. The van der Waals surface area contributed by atoms with Crippen molar-refractivity contribution < 1.29 is 9.53 Å². The van der Waals surface area contributed by atoms with E-state index in [-0.39, 0.29) is 6.03 Å². The number of rotatable bonds is 2. The van der Waals surface area contributed by atoms with Crippen LogP contribution in [0.5, 0.6) is 5.75 Å². The van der Waals surface area contributed by atoms with E-state index in [0.29, 0.717) is 23.9 Å². The van der Waals surface area contributed by atoms with Crippen molar-refractivity contribution in [2.75, 3.05) is 17.2 Å². The Morgan fingerprint density at radius 3 is 2.87 bits per heavy atom. The van der Waals surface area contributed by atoms with Crippen molar-refractivity contribution in [2.45, 2.75) is 25.7 Å². The summed E-state index contributed by atoms with van der Waals surface area (Å²) in [5, 5.41) is 5.54. The van der Waals surface area contributed by atoms with Crippen molar-refractivity contribution in [2.24, 2.45) is 0 Å². The van der Waals surface area contributed by atoms with Crippen LogP contribution in [-0.4, -0.2) is 22.6 Å². The van der Waals surface area contributed by atoms with Gasteiger partial charge in [0.15, 0.2) is 0 Å². The van der Waals surface area contributed by atoms with E-state index < -0.39 is 0 Å². The highest BCUT2D eigenvalue weighted by Gasteiger charge is 2.21. The van der Waals surface area contributed by atoms with E-state index in [9.17, 15) is 4.79 Å². The van der Waals surface area contributed by atoms with Gasteiger partial charge < -0.3 is 15.4 Å². The van der Waals surface area contributed by atoms with Gasteiger partial charge in [-0.3, -0.25) is 0 Å². The number of ether oxygens (including phenoxy) is 1. The summed E-state index contributed by atoms with van der Waals surface area (Å²) in [6.07, 6.45) is 6.54. The van der Waals surface area contributed by atoms with Gasteiger partial charge in [0.2, 0.25) is 0 Å². The highest BCUT2D eigenvalue weighted by atomic mass is 79.9. The van der Waals surface area contributed by atoms with E-state index in [1.165, 1.54) is 18.7 Å². The molecule has 120 valence electrons. The Morgan fingerprint density at radius 1 is 1.30 bits per heavy atom. The minimum absolute atomic E-state index is 0.361. The monoisotopic (exact) mass is 376 g/mol. The van der Waals surface area contributed by atoms with Gasteiger partial charge in [0.05, 0.1) is 30.4 Å². The van der Waals surface area contributed by atoms with Crippen molar-refractivity contribution in [1.82, 2.24) is 9.97 Å². The number of halogens is 1. The van der Waals surface area contributed by atoms with Crippen LogP contribution in [0.15, 0.2) is 35.3 Å². The molecule has 0 saturated heterocycles. The summed E-state index contributed by atoms with van der Waals surface area (Å²) in [5.74, 6) is 1.13. The third kappa shape index (κ3) is 3.79. The van der Waals surface area contributed by atoms with Gasteiger partial charge in [-0.05, 0) is 30.9 Å². The molecule has 0 saturated carbocycles. The van der Waals surface area contributed by atoms with Crippen LogP contribution in [0.3, 0.4) is 0 Å². The number of nitrogens with one attached hydrogen (secondary N) is 2. The van der Waals surface area contributed by atoms with E-state index >= 15 is 0 Å². The van der Waals surface area contributed by atoms with Crippen LogP contribution in [0.2, 0.25) is 0 Å². The van der Waals surface area contributed by atoms with Crippen LogP contribution in [-0.2, 0) is 0 Å². The lowest BCUT2D eigenvalue weighted by Gasteiger charge is -2.17. The Hall–Kier alpha value is -2.15. The Balaban J connectivity index is 1.83. The molecule has 3 rings (SSSR count). The summed E-state index contributed by atoms with van der Waals surface area (Å²) >= 11 is 3.50. The van der Waals surface area contributed by atoms with Gasteiger partial charge in [0.25, 0.3) is 0 Å². The molecule has 2 aromatic rings. The zero-order chi connectivity index (χ0) is 16.2. The van der Waals surface area contributed by atoms with Gasteiger partial charge in [-0.15, -0.1) is 0 Å². The number of hydrogen-bond donors (Lipinski definition) is 2. The second-order valence-electron chi connectivity index (χ2n) is 5.47. The Labute approximate surface area is 142 Å². The molecule has 1 aliphatic heterocycles. The van der Waals surface area contributed by atoms with Crippen molar-refractivity contribution >= 4 is 33.3 Å². The summed E-state index contributed by atoms with van der Waals surface area (Å²) in [7, 11) is 0. The number of fused-ring (bicyclic) bond motifs is 1. The first-order valence-corrected chi connectivity index (χ1v) is 8.22. The molecule has 0 spiro atoms. The number of carbonyl (C=O) groups is 1. The first-order valence-electron chi connectivity index (χ1n) is 7.43. The number of amides is 2. The zero-order valence-electron chi connectivity index (χ0n) is 12.7. The zero-order valence-corrected chi connectivity index (χ0v) is 14.3. The molecule has 0 fully saturated rings. The average Bonchev–Trinajstić information content (AvgIpc) is 2.70. The number of nitrogens with zero attached hydrogens (tertiary/aromatic N) is 2. The molecule has 0 aliphatic carbocycles. The van der Waals surface area contributed by atoms with Crippen LogP contribution in [0.4, 0.5) is 16.2 Å². The topological polar surface area (TPSA) is 76.1 Å². The largest absolute Gasteiger partial charge is 0.491 e. The highest BCUT2D eigenvalue weighted by molar-refractivity contribution is 9.10. The van der Waals surface area contributed by atoms with E-state index in [0.717, 1.165) is 28.6 Å². The Kier molecular flexibility index (Phi) is 4.76. The first-order chi connectivity index (χ1) is 11.1. The summed E-state index contributed by atoms with van der Waals surface area (Å²) < 4.78 is 6.78. The quantitative estimate of drug-likeness (QED) is 0.824. The molecule has 1 aliphatic rings. The molecule has 2 N–H and O–H groups in total. The summed E-state index contributed by atoms with van der Waals surface area (Å²) in [4.78, 5) is 19.9. The molecule has 1 atom stereocenters. The lowest BCUT2D eigenvalue weighted by atomic mass is 9.96. The summed E-state index contributed by atoms with van der Waals surface area (Å²) in [5.41, 5.74) is 2.29. The van der Waals surface area contributed by atoms with Crippen molar-refractivity contribution in [3.63, 3.8) is 0 Å². The number of carbonyl (C=O) groups excluding carboxylic acids is 1. The van der Waals surface area contributed by atoms with Gasteiger partial charge in [0, 0.05) is 10.0 Å². The van der Waals surface area contributed by atoms with Crippen LogP contribution < -0.4 is 15.4 Å². The smallest absolute Gasteiger partial charge is 0.323 e. The normalized spacial score (nSPS) is 16.7. The molecule has 2 heterocycles. The summed E-state index contributed by atoms with van der Waals surface area (Å²) in [6.45, 7) is 2.83. The lowest BCUT2D eigenvalue weighted by Crippen LogP contribution is -2.20. The predicted octanol–water partition coefficient (Wildman–Crippen LogP) is 4.16. The second kappa shape index (κ2) is 6.95. The fourth-order valence-electron chi connectivity index (χ4n) is 2.60.